The molecular weight excluding hydrogens is 437 g/mol. The van der Waals surface area contributed by atoms with E-state index >= 15 is 0 Å². The Morgan fingerprint density at radius 1 is 1.00 bits per heavy atom. The quantitative estimate of drug-likeness (QED) is 0.436. The number of anilines is 1. The Hall–Kier alpha value is -4.08. The van der Waals surface area contributed by atoms with E-state index in [0.717, 1.165) is 17.0 Å². The van der Waals surface area contributed by atoms with Crippen molar-refractivity contribution in [2.24, 2.45) is 0 Å². The van der Waals surface area contributed by atoms with Crippen LogP contribution in [-0.4, -0.2) is 68.6 Å². The molecule has 0 radical (unpaired) electrons. The van der Waals surface area contributed by atoms with Gasteiger partial charge in [-0.15, -0.1) is 5.10 Å². The van der Waals surface area contributed by atoms with Gasteiger partial charge in [-0.25, -0.2) is 14.4 Å². The van der Waals surface area contributed by atoms with Crippen LogP contribution in [0.5, 0.6) is 5.75 Å². The van der Waals surface area contributed by atoms with Gasteiger partial charge < -0.3 is 14.5 Å². The van der Waals surface area contributed by atoms with Crippen LogP contribution in [0, 0.1) is 5.82 Å². The number of piperazine rings is 1. The topological polar surface area (TPSA) is 89.3 Å². The molecule has 1 aliphatic heterocycles. The molecule has 174 valence electrons. The second kappa shape index (κ2) is 9.42. The number of amides is 1. The van der Waals surface area contributed by atoms with Crippen LogP contribution in [0.25, 0.3) is 16.9 Å². The number of fused-ring (bicyclic) bond motifs is 1. The van der Waals surface area contributed by atoms with Crippen molar-refractivity contribution in [3.05, 3.63) is 66.2 Å². The molecule has 9 nitrogen and oxygen atoms in total. The van der Waals surface area contributed by atoms with Crippen LogP contribution < -0.4 is 9.64 Å². The minimum Gasteiger partial charge on any atom is -0.494 e. The van der Waals surface area contributed by atoms with Gasteiger partial charge in [0, 0.05) is 26.2 Å². The van der Waals surface area contributed by atoms with E-state index in [1.807, 2.05) is 36.1 Å². The summed E-state index contributed by atoms with van der Waals surface area (Å²) in [5, 5.41) is 8.65. The van der Waals surface area contributed by atoms with Crippen LogP contribution in [0.4, 0.5) is 10.2 Å². The summed E-state index contributed by atoms with van der Waals surface area (Å²) in [5.41, 5.74) is 2.86. The number of ether oxygens (including phenoxy) is 1. The Bertz CT molecular complexity index is 1280. The lowest BCUT2D eigenvalue weighted by Crippen LogP contribution is -2.49. The Morgan fingerprint density at radius 2 is 1.74 bits per heavy atom. The van der Waals surface area contributed by atoms with E-state index in [2.05, 4.69) is 25.2 Å². The SMILES string of the molecule is CCOc1ccc(-n2nnc3c(N4CCN(C(=O)Cc5ccc(F)cc5)CC4)ncnc32)cc1. The first-order valence-electron chi connectivity index (χ1n) is 11.2. The summed E-state index contributed by atoms with van der Waals surface area (Å²) in [5.74, 6) is 1.21. The molecule has 34 heavy (non-hydrogen) atoms. The molecule has 4 aromatic rings. The van der Waals surface area contributed by atoms with Crippen LogP contribution in [0.1, 0.15) is 12.5 Å². The number of halogens is 1. The van der Waals surface area contributed by atoms with Gasteiger partial charge in [0.05, 0.1) is 18.7 Å². The summed E-state index contributed by atoms with van der Waals surface area (Å²) in [6.07, 6.45) is 1.77. The highest BCUT2D eigenvalue weighted by Crippen LogP contribution is 2.24. The molecule has 0 N–H and O–H groups in total. The zero-order chi connectivity index (χ0) is 23.5. The van der Waals surface area contributed by atoms with Crippen molar-refractivity contribution in [2.45, 2.75) is 13.3 Å². The van der Waals surface area contributed by atoms with E-state index in [0.29, 0.717) is 49.8 Å². The Kier molecular flexibility index (Phi) is 6.03. The molecule has 2 aromatic heterocycles. The maximum absolute atomic E-state index is 13.1. The highest BCUT2D eigenvalue weighted by Gasteiger charge is 2.25. The molecule has 2 aromatic carbocycles. The Balaban J connectivity index is 1.29. The summed E-state index contributed by atoms with van der Waals surface area (Å²) in [4.78, 5) is 25.5. The monoisotopic (exact) mass is 461 g/mol. The molecule has 0 spiro atoms. The lowest BCUT2D eigenvalue weighted by Gasteiger charge is -2.35. The van der Waals surface area contributed by atoms with Gasteiger partial charge in [-0.2, -0.15) is 4.68 Å². The summed E-state index contributed by atoms with van der Waals surface area (Å²) in [6.45, 7) is 4.93. The molecule has 3 heterocycles. The number of rotatable bonds is 6. The van der Waals surface area contributed by atoms with E-state index in [1.54, 1.807) is 16.8 Å². The number of hydrogen-bond donors (Lipinski definition) is 0. The van der Waals surface area contributed by atoms with Crippen molar-refractivity contribution in [1.82, 2.24) is 29.9 Å². The number of hydrogen-bond acceptors (Lipinski definition) is 7. The first-order valence-corrected chi connectivity index (χ1v) is 11.2. The molecule has 1 saturated heterocycles. The fourth-order valence-electron chi connectivity index (χ4n) is 4.05. The zero-order valence-electron chi connectivity index (χ0n) is 18.8. The van der Waals surface area contributed by atoms with Gasteiger partial charge in [0.2, 0.25) is 5.91 Å². The van der Waals surface area contributed by atoms with Gasteiger partial charge in [-0.3, -0.25) is 4.79 Å². The van der Waals surface area contributed by atoms with Crippen molar-refractivity contribution < 1.29 is 13.9 Å². The third-order valence-corrected chi connectivity index (χ3v) is 5.81. The molecule has 0 unspecified atom stereocenters. The highest BCUT2D eigenvalue weighted by atomic mass is 19.1. The number of carbonyl (C=O) groups is 1. The molecule has 5 rings (SSSR count). The summed E-state index contributed by atoms with van der Waals surface area (Å²) in [7, 11) is 0. The van der Waals surface area contributed by atoms with Gasteiger partial charge in [0.1, 0.15) is 17.9 Å². The van der Waals surface area contributed by atoms with Crippen molar-refractivity contribution in [2.75, 3.05) is 37.7 Å². The van der Waals surface area contributed by atoms with E-state index in [-0.39, 0.29) is 18.1 Å². The minimum atomic E-state index is -0.305. The summed E-state index contributed by atoms with van der Waals surface area (Å²) >= 11 is 0. The van der Waals surface area contributed by atoms with Crippen LogP contribution in [0.2, 0.25) is 0 Å². The molecule has 0 aliphatic carbocycles. The van der Waals surface area contributed by atoms with Crippen molar-refractivity contribution in [1.29, 1.82) is 0 Å². The molecule has 0 saturated carbocycles. The summed E-state index contributed by atoms with van der Waals surface area (Å²) < 4.78 is 20.3. The van der Waals surface area contributed by atoms with Gasteiger partial charge in [0.25, 0.3) is 0 Å². The summed E-state index contributed by atoms with van der Waals surface area (Å²) in [6, 6.07) is 13.6. The average Bonchev–Trinajstić information content (AvgIpc) is 3.31. The molecule has 1 aliphatic rings. The first kappa shape index (κ1) is 21.7. The smallest absolute Gasteiger partial charge is 0.227 e. The average molecular weight is 462 g/mol. The predicted molar refractivity (Wildman–Crippen MR) is 125 cm³/mol. The first-order chi connectivity index (χ1) is 16.6. The van der Waals surface area contributed by atoms with Gasteiger partial charge in [-0.1, -0.05) is 17.3 Å². The molecule has 0 bridgehead atoms. The fraction of sp³-hybridized carbons (Fsp3) is 0.292. The third-order valence-electron chi connectivity index (χ3n) is 5.81. The standard InChI is InChI=1S/C24H24FN7O2/c1-2-34-20-9-7-19(8-10-20)32-24-22(28-29-32)23(26-16-27-24)31-13-11-30(12-14-31)21(33)15-17-3-5-18(25)6-4-17/h3-10,16H,2,11-15H2,1H3. The lowest BCUT2D eigenvalue weighted by molar-refractivity contribution is -0.130. The second-order valence-electron chi connectivity index (χ2n) is 7.97. The number of benzene rings is 2. The third kappa shape index (κ3) is 4.39. The highest BCUT2D eigenvalue weighted by molar-refractivity contribution is 5.84. The predicted octanol–water partition coefficient (Wildman–Crippen LogP) is 2.64. The van der Waals surface area contributed by atoms with Crippen molar-refractivity contribution in [3.8, 4) is 11.4 Å². The van der Waals surface area contributed by atoms with Gasteiger partial charge >= 0.3 is 0 Å². The van der Waals surface area contributed by atoms with E-state index in [9.17, 15) is 9.18 Å². The van der Waals surface area contributed by atoms with Crippen LogP contribution in [0.15, 0.2) is 54.9 Å². The van der Waals surface area contributed by atoms with Crippen LogP contribution in [-0.2, 0) is 11.2 Å². The largest absolute Gasteiger partial charge is 0.494 e. The van der Waals surface area contributed by atoms with Crippen LogP contribution >= 0.6 is 0 Å². The molecule has 0 atom stereocenters. The lowest BCUT2D eigenvalue weighted by atomic mass is 10.1. The number of aromatic nitrogens is 5. The molecule has 1 amide bonds. The van der Waals surface area contributed by atoms with Gasteiger partial charge in [0.15, 0.2) is 17.0 Å². The normalized spacial score (nSPS) is 13.9. The zero-order valence-corrected chi connectivity index (χ0v) is 18.8. The molecular formula is C24H24FN7O2. The maximum Gasteiger partial charge on any atom is 0.227 e. The van der Waals surface area contributed by atoms with Crippen molar-refractivity contribution in [3.63, 3.8) is 0 Å². The van der Waals surface area contributed by atoms with E-state index in [4.69, 9.17) is 4.74 Å². The minimum absolute atomic E-state index is 0.0283. The number of nitrogens with zero attached hydrogens (tertiary/aromatic N) is 7. The number of carbonyl (C=O) groups excluding carboxylic acids is 1. The van der Waals surface area contributed by atoms with E-state index in [1.165, 1.54) is 18.5 Å². The van der Waals surface area contributed by atoms with Crippen LogP contribution in [0.3, 0.4) is 0 Å². The van der Waals surface area contributed by atoms with Gasteiger partial charge in [-0.05, 0) is 48.9 Å². The maximum atomic E-state index is 13.1. The fourth-order valence-corrected chi connectivity index (χ4v) is 4.05. The Labute approximate surface area is 195 Å². The Morgan fingerprint density at radius 3 is 2.44 bits per heavy atom. The molecule has 1 fully saturated rings. The van der Waals surface area contributed by atoms with Crippen molar-refractivity contribution >= 4 is 22.9 Å². The molecule has 10 heteroatoms. The second-order valence-corrected chi connectivity index (χ2v) is 7.97. The van der Waals surface area contributed by atoms with E-state index < -0.39 is 0 Å².